The molecule has 2 heteroatoms. The zero-order valence-electron chi connectivity index (χ0n) is 7.65. The molecule has 1 N–H and O–H groups in total. The van der Waals surface area contributed by atoms with Crippen LogP contribution in [0.25, 0.3) is 0 Å². The van der Waals surface area contributed by atoms with E-state index in [2.05, 4.69) is 32.2 Å². The van der Waals surface area contributed by atoms with Gasteiger partial charge in [0.1, 0.15) is 0 Å². The van der Waals surface area contributed by atoms with Gasteiger partial charge >= 0.3 is 0 Å². The molecule has 0 spiro atoms. The number of allylic oxidation sites excluding steroid dienone is 1. The van der Waals surface area contributed by atoms with Crippen molar-refractivity contribution in [2.45, 2.75) is 20.8 Å². The first-order valence-electron chi connectivity index (χ1n) is 4.07. The van der Waals surface area contributed by atoms with Crippen LogP contribution in [0.3, 0.4) is 0 Å². The van der Waals surface area contributed by atoms with Gasteiger partial charge in [-0.1, -0.05) is 18.6 Å². The maximum atomic E-state index is 5.64. The molecule has 1 nitrogen and oxygen atoms in total. The highest BCUT2D eigenvalue weighted by molar-refractivity contribution is 6.18. The van der Waals surface area contributed by atoms with Crippen molar-refractivity contribution in [3.63, 3.8) is 0 Å². The zero-order chi connectivity index (χ0) is 8.69. The molecule has 0 aliphatic carbocycles. The Morgan fingerprint density at radius 3 is 2.64 bits per heavy atom. The summed E-state index contributed by atoms with van der Waals surface area (Å²) in [5.74, 6) is 1.31. The van der Waals surface area contributed by atoms with Crippen molar-refractivity contribution in [2.24, 2.45) is 5.92 Å². The number of nitrogens with one attached hydrogen (secondary N) is 1. The second-order valence-corrected chi connectivity index (χ2v) is 3.51. The van der Waals surface area contributed by atoms with Gasteiger partial charge in [0.05, 0.1) is 0 Å². The van der Waals surface area contributed by atoms with Gasteiger partial charge in [-0.15, -0.1) is 11.6 Å². The fraction of sp³-hybridized carbons (Fsp3) is 0.778. The molecule has 0 radical (unpaired) electrons. The molecule has 0 saturated heterocycles. The predicted octanol–water partition coefficient (Wildman–Crippen LogP) is 2.42. The van der Waals surface area contributed by atoms with Gasteiger partial charge in [0.2, 0.25) is 0 Å². The Hall–Kier alpha value is -0.0100. The summed E-state index contributed by atoms with van der Waals surface area (Å²) in [6.07, 6.45) is 2.18. The van der Waals surface area contributed by atoms with Crippen LogP contribution in [0.1, 0.15) is 20.8 Å². The third-order valence-electron chi connectivity index (χ3n) is 1.41. The van der Waals surface area contributed by atoms with Gasteiger partial charge in [0.15, 0.2) is 0 Å². The number of alkyl halides is 1. The summed E-state index contributed by atoms with van der Waals surface area (Å²) in [4.78, 5) is 0. The standard InChI is InChI=1S/C9H18ClN/c1-8(2)4-5-11-7-9(3)6-10/h4,9,11H,5-7H2,1-3H3. The van der Waals surface area contributed by atoms with Crippen LogP contribution in [0.15, 0.2) is 11.6 Å². The van der Waals surface area contributed by atoms with Crippen molar-refractivity contribution in [3.05, 3.63) is 11.6 Å². The fourth-order valence-corrected chi connectivity index (χ4v) is 0.770. The Morgan fingerprint density at radius 2 is 2.18 bits per heavy atom. The molecule has 11 heavy (non-hydrogen) atoms. The molecular formula is C9H18ClN. The smallest absolute Gasteiger partial charge is 0.0261 e. The summed E-state index contributed by atoms with van der Waals surface area (Å²) < 4.78 is 0. The topological polar surface area (TPSA) is 12.0 Å². The normalized spacial score (nSPS) is 12.7. The van der Waals surface area contributed by atoms with E-state index in [1.807, 2.05) is 0 Å². The maximum Gasteiger partial charge on any atom is 0.0261 e. The van der Waals surface area contributed by atoms with Crippen LogP contribution in [-0.2, 0) is 0 Å². The van der Waals surface area contributed by atoms with E-state index in [0.717, 1.165) is 19.0 Å². The van der Waals surface area contributed by atoms with Gasteiger partial charge in [-0.05, 0) is 26.3 Å². The van der Waals surface area contributed by atoms with Gasteiger partial charge in [-0.2, -0.15) is 0 Å². The molecule has 0 fully saturated rings. The molecule has 0 aliphatic rings. The van der Waals surface area contributed by atoms with Crippen LogP contribution in [0.5, 0.6) is 0 Å². The average molecular weight is 176 g/mol. The van der Waals surface area contributed by atoms with E-state index in [0.29, 0.717) is 5.92 Å². The van der Waals surface area contributed by atoms with Crippen molar-refractivity contribution in [3.8, 4) is 0 Å². The monoisotopic (exact) mass is 175 g/mol. The van der Waals surface area contributed by atoms with Crippen LogP contribution in [0.4, 0.5) is 0 Å². The first-order chi connectivity index (χ1) is 5.16. The molecule has 0 rings (SSSR count). The summed E-state index contributed by atoms with van der Waals surface area (Å²) >= 11 is 5.64. The predicted molar refractivity (Wildman–Crippen MR) is 52.2 cm³/mol. The van der Waals surface area contributed by atoms with E-state index in [4.69, 9.17) is 11.6 Å². The molecule has 0 aromatic heterocycles. The minimum Gasteiger partial charge on any atom is -0.313 e. The minimum absolute atomic E-state index is 0.572. The lowest BCUT2D eigenvalue weighted by atomic mass is 10.2. The third-order valence-corrected chi connectivity index (χ3v) is 1.94. The highest BCUT2D eigenvalue weighted by Gasteiger charge is 1.96. The first-order valence-corrected chi connectivity index (χ1v) is 4.60. The number of hydrogen-bond donors (Lipinski definition) is 1. The molecule has 0 bridgehead atoms. The van der Waals surface area contributed by atoms with Gasteiger partial charge in [-0.3, -0.25) is 0 Å². The quantitative estimate of drug-likeness (QED) is 0.385. The van der Waals surface area contributed by atoms with Crippen LogP contribution in [0, 0.1) is 5.92 Å². The van der Waals surface area contributed by atoms with Crippen LogP contribution in [-0.4, -0.2) is 19.0 Å². The maximum absolute atomic E-state index is 5.64. The molecular weight excluding hydrogens is 158 g/mol. The SMILES string of the molecule is CC(C)=CCNCC(C)CCl. The molecule has 66 valence electrons. The van der Waals surface area contributed by atoms with Crippen molar-refractivity contribution in [1.82, 2.24) is 5.32 Å². The van der Waals surface area contributed by atoms with Crippen LogP contribution >= 0.6 is 11.6 Å². The van der Waals surface area contributed by atoms with Crippen molar-refractivity contribution in [2.75, 3.05) is 19.0 Å². The van der Waals surface area contributed by atoms with E-state index >= 15 is 0 Å². The summed E-state index contributed by atoms with van der Waals surface area (Å²) in [5, 5.41) is 3.31. The average Bonchev–Trinajstić information content (AvgIpc) is 1.97. The fourth-order valence-electron chi connectivity index (χ4n) is 0.661. The van der Waals surface area contributed by atoms with Gasteiger partial charge in [0.25, 0.3) is 0 Å². The Bertz CT molecular complexity index is 117. The Kier molecular flexibility index (Phi) is 6.68. The Balaban J connectivity index is 3.21. The lowest BCUT2D eigenvalue weighted by Crippen LogP contribution is -2.22. The van der Waals surface area contributed by atoms with Crippen molar-refractivity contribution >= 4 is 11.6 Å². The molecule has 0 amide bonds. The highest BCUT2D eigenvalue weighted by Crippen LogP contribution is 1.94. The first kappa shape index (κ1) is 11.0. The Morgan fingerprint density at radius 1 is 1.55 bits per heavy atom. The van der Waals surface area contributed by atoms with Crippen LogP contribution < -0.4 is 5.32 Å². The summed E-state index contributed by atoms with van der Waals surface area (Å²) in [7, 11) is 0. The molecule has 0 saturated carbocycles. The van der Waals surface area contributed by atoms with Crippen molar-refractivity contribution in [1.29, 1.82) is 0 Å². The third kappa shape index (κ3) is 7.89. The molecule has 0 heterocycles. The van der Waals surface area contributed by atoms with Crippen molar-refractivity contribution < 1.29 is 0 Å². The molecule has 0 aromatic carbocycles. The second kappa shape index (κ2) is 6.68. The summed E-state index contributed by atoms with van der Waals surface area (Å²) in [6.45, 7) is 8.32. The molecule has 1 atom stereocenters. The zero-order valence-corrected chi connectivity index (χ0v) is 8.41. The van der Waals surface area contributed by atoms with E-state index in [1.165, 1.54) is 5.57 Å². The Labute approximate surface area is 74.8 Å². The summed E-state index contributed by atoms with van der Waals surface area (Å²) in [6, 6.07) is 0. The lowest BCUT2D eigenvalue weighted by Gasteiger charge is -2.06. The largest absolute Gasteiger partial charge is 0.313 e. The van der Waals surface area contributed by atoms with Gasteiger partial charge in [0, 0.05) is 12.4 Å². The molecule has 1 unspecified atom stereocenters. The lowest BCUT2D eigenvalue weighted by molar-refractivity contribution is 0.581. The van der Waals surface area contributed by atoms with E-state index in [1.54, 1.807) is 0 Å². The van der Waals surface area contributed by atoms with Gasteiger partial charge < -0.3 is 5.32 Å². The van der Waals surface area contributed by atoms with E-state index in [-0.39, 0.29) is 0 Å². The highest BCUT2D eigenvalue weighted by atomic mass is 35.5. The minimum atomic E-state index is 0.572. The van der Waals surface area contributed by atoms with E-state index in [9.17, 15) is 0 Å². The van der Waals surface area contributed by atoms with Crippen LogP contribution in [0.2, 0.25) is 0 Å². The number of hydrogen-bond acceptors (Lipinski definition) is 1. The van der Waals surface area contributed by atoms with Gasteiger partial charge in [-0.25, -0.2) is 0 Å². The molecule has 0 aliphatic heterocycles. The number of rotatable bonds is 5. The summed E-state index contributed by atoms with van der Waals surface area (Å²) in [5.41, 5.74) is 1.36. The van der Waals surface area contributed by atoms with E-state index < -0.39 is 0 Å². The molecule has 0 aromatic rings. The second-order valence-electron chi connectivity index (χ2n) is 3.20. The number of halogens is 1.